The Morgan fingerprint density at radius 3 is 2.71 bits per heavy atom. The van der Waals surface area contributed by atoms with Crippen molar-refractivity contribution in [3.63, 3.8) is 0 Å². The van der Waals surface area contributed by atoms with E-state index < -0.39 is 0 Å². The van der Waals surface area contributed by atoms with Gasteiger partial charge in [-0.2, -0.15) is 0 Å². The van der Waals surface area contributed by atoms with Gasteiger partial charge in [0.2, 0.25) is 5.82 Å². The molecule has 1 aromatic rings. The van der Waals surface area contributed by atoms with Crippen molar-refractivity contribution in [2.45, 2.75) is 33.2 Å². The first-order chi connectivity index (χ1) is 8.13. The molecule has 1 aromatic heterocycles. The summed E-state index contributed by atoms with van der Waals surface area (Å²) in [7, 11) is 1.62. The number of H-pyrrole nitrogens is 1. The van der Waals surface area contributed by atoms with Crippen molar-refractivity contribution >= 4 is 5.91 Å². The van der Waals surface area contributed by atoms with Gasteiger partial charge >= 0.3 is 0 Å². The van der Waals surface area contributed by atoms with Crippen molar-refractivity contribution in [3.8, 4) is 0 Å². The first kappa shape index (κ1) is 13.6. The summed E-state index contributed by atoms with van der Waals surface area (Å²) >= 11 is 0. The largest absolute Gasteiger partial charge is 0.383 e. The number of hydrogen-bond acceptors (Lipinski definition) is 4. The van der Waals surface area contributed by atoms with Crippen LogP contribution in [0.3, 0.4) is 0 Å². The zero-order valence-corrected chi connectivity index (χ0v) is 10.9. The predicted octanol–water partition coefficient (Wildman–Crippen LogP) is 0.864. The van der Waals surface area contributed by atoms with Gasteiger partial charge in [0.1, 0.15) is 5.82 Å². The maximum absolute atomic E-state index is 12.1. The molecule has 0 saturated carbocycles. The number of carbonyl (C=O) groups excluding carboxylic acids is 1. The monoisotopic (exact) mass is 240 g/mol. The number of aromatic nitrogens is 3. The molecule has 1 amide bonds. The molecule has 0 spiro atoms. The third-order valence-corrected chi connectivity index (χ3v) is 2.60. The van der Waals surface area contributed by atoms with Gasteiger partial charge in [-0.1, -0.05) is 6.92 Å². The van der Waals surface area contributed by atoms with Crippen LogP contribution in [0, 0.1) is 0 Å². The van der Waals surface area contributed by atoms with Gasteiger partial charge in [-0.25, -0.2) is 4.98 Å². The van der Waals surface area contributed by atoms with E-state index in [1.807, 2.05) is 20.8 Å². The summed E-state index contributed by atoms with van der Waals surface area (Å²) in [6.07, 6.45) is 0.736. The molecule has 1 heterocycles. The van der Waals surface area contributed by atoms with E-state index in [-0.39, 0.29) is 17.8 Å². The zero-order valence-electron chi connectivity index (χ0n) is 10.9. The lowest BCUT2D eigenvalue weighted by molar-refractivity contribution is 0.0568. The van der Waals surface area contributed by atoms with Gasteiger partial charge in [-0.15, -0.1) is 5.10 Å². The summed E-state index contributed by atoms with van der Waals surface area (Å²) in [4.78, 5) is 18.0. The van der Waals surface area contributed by atoms with Gasteiger partial charge in [0.15, 0.2) is 0 Å². The number of amides is 1. The molecule has 0 aliphatic heterocycles. The normalized spacial score (nSPS) is 12.5. The van der Waals surface area contributed by atoms with Gasteiger partial charge in [0, 0.05) is 20.1 Å². The predicted molar refractivity (Wildman–Crippen MR) is 63.8 cm³/mol. The Hall–Kier alpha value is -1.43. The molecule has 1 atom stereocenters. The summed E-state index contributed by atoms with van der Waals surface area (Å²) < 4.78 is 5.06. The molecule has 6 heteroatoms. The van der Waals surface area contributed by atoms with Crippen molar-refractivity contribution < 1.29 is 9.53 Å². The number of methoxy groups -OCH3 is 1. The molecule has 0 radical (unpaired) electrons. The van der Waals surface area contributed by atoms with E-state index >= 15 is 0 Å². The zero-order chi connectivity index (χ0) is 12.8. The summed E-state index contributed by atoms with van der Waals surface area (Å²) in [5.74, 6) is 0.795. The van der Waals surface area contributed by atoms with Crippen LogP contribution in [0.25, 0.3) is 0 Å². The van der Waals surface area contributed by atoms with Crippen LogP contribution in [-0.4, -0.2) is 52.3 Å². The van der Waals surface area contributed by atoms with Gasteiger partial charge in [-0.05, 0) is 13.8 Å². The summed E-state index contributed by atoms with van der Waals surface area (Å²) in [6.45, 7) is 6.94. The van der Waals surface area contributed by atoms with Gasteiger partial charge in [-0.3, -0.25) is 9.89 Å². The first-order valence-corrected chi connectivity index (χ1v) is 5.85. The lowest BCUT2D eigenvalue weighted by atomic mass is 10.3. The quantitative estimate of drug-likeness (QED) is 0.800. The molecule has 0 saturated heterocycles. The highest BCUT2D eigenvalue weighted by molar-refractivity contribution is 5.90. The van der Waals surface area contributed by atoms with E-state index in [9.17, 15) is 4.79 Å². The minimum absolute atomic E-state index is 0.0149. The van der Waals surface area contributed by atoms with Crippen LogP contribution >= 0.6 is 0 Å². The van der Waals surface area contributed by atoms with Crippen molar-refractivity contribution in [1.82, 2.24) is 20.1 Å². The molecule has 0 fully saturated rings. The van der Waals surface area contributed by atoms with E-state index in [4.69, 9.17) is 4.74 Å². The van der Waals surface area contributed by atoms with Gasteiger partial charge in [0.25, 0.3) is 5.91 Å². The Balaban J connectivity index is 2.78. The molecule has 96 valence electrons. The van der Waals surface area contributed by atoms with Gasteiger partial charge in [0.05, 0.1) is 12.6 Å². The summed E-state index contributed by atoms with van der Waals surface area (Å²) in [6, 6.07) is 0.0149. The highest BCUT2D eigenvalue weighted by Gasteiger charge is 2.23. The smallest absolute Gasteiger partial charge is 0.293 e. The number of carbonyl (C=O) groups is 1. The van der Waals surface area contributed by atoms with E-state index in [1.54, 1.807) is 12.0 Å². The van der Waals surface area contributed by atoms with Crippen LogP contribution in [0.5, 0.6) is 0 Å². The number of ether oxygens (including phenoxy) is 1. The number of aromatic amines is 1. The second kappa shape index (κ2) is 6.34. The molecule has 1 N–H and O–H groups in total. The number of aryl methyl sites for hydroxylation is 1. The fourth-order valence-electron chi connectivity index (χ4n) is 1.66. The molecular weight excluding hydrogens is 220 g/mol. The molecular formula is C11H20N4O2. The van der Waals surface area contributed by atoms with E-state index in [0.29, 0.717) is 13.2 Å². The number of nitrogens with zero attached hydrogens (tertiary/aromatic N) is 3. The molecule has 0 aliphatic rings. The molecule has 17 heavy (non-hydrogen) atoms. The SMILES string of the molecule is CCc1nc(C(=O)N(CC)C(C)COC)n[nH]1. The van der Waals surface area contributed by atoms with E-state index in [1.165, 1.54) is 0 Å². The van der Waals surface area contributed by atoms with Crippen LogP contribution in [-0.2, 0) is 11.2 Å². The van der Waals surface area contributed by atoms with Crippen LogP contribution in [0.4, 0.5) is 0 Å². The summed E-state index contributed by atoms with van der Waals surface area (Å²) in [5.41, 5.74) is 0. The highest BCUT2D eigenvalue weighted by atomic mass is 16.5. The lowest BCUT2D eigenvalue weighted by Gasteiger charge is -2.26. The molecule has 6 nitrogen and oxygen atoms in total. The highest BCUT2D eigenvalue weighted by Crippen LogP contribution is 2.05. The van der Waals surface area contributed by atoms with E-state index in [0.717, 1.165) is 12.2 Å². The van der Waals surface area contributed by atoms with Gasteiger partial charge < -0.3 is 9.64 Å². The third-order valence-electron chi connectivity index (χ3n) is 2.60. The molecule has 1 unspecified atom stereocenters. The van der Waals surface area contributed by atoms with Crippen molar-refractivity contribution in [2.75, 3.05) is 20.3 Å². The Bertz CT molecular complexity index is 364. The van der Waals surface area contributed by atoms with Crippen LogP contribution < -0.4 is 0 Å². The third kappa shape index (κ3) is 3.26. The molecule has 0 bridgehead atoms. The second-order valence-corrected chi connectivity index (χ2v) is 3.85. The molecule has 0 aliphatic carbocycles. The van der Waals surface area contributed by atoms with Crippen LogP contribution in [0.2, 0.25) is 0 Å². The molecule has 1 rings (SSSR count). The summed E-state index contributed by atoms with van der Waals surface area (Å²) in [5, 5.41) is 6.68. The topological polar surface area (TPSA) is 71.1 Å². The van der Waals surface area contributed by atoms with Crippen molar-refractivity contribution in [1.29, 1.82) is 0 Å². The average Bonchev–Trinajstić information content (AvgIpc) is 2.78. The van der Waals surface area contributed by atoms with Crippen LogP contribution in [0.15, 0.2) is 0 Å². The Labute approximate surface area is 101 Å². The minimum Gasteiger partial charge on any atom is -0.383 e. The molecule has 0 aromatic carbocycles. The maximum atomic E-state index is 12.1. The Morgan fingerprint density at radius 1 is 1.53 bits per heavy atom. The Kier molecular flexibility index (Phi) is 5.09. The van der Waals surface area contributed by atoms with Crippen LogP contribution in [0.1, 0.15) is 37.2 Å². The van der Waals surface area contributed by atoms with E-state index in [2.05, 4.69) is 15.2 Å². The maximum Gasteiger partial charge on any atom is 0.293 e. The second-order valence-electron chi connectivity index (χ2n) is 3.85. The average molecular weight is 240 g/mol. The lowest BCUT2D eigenvalue weighted by Crippen LogP contribution is -2.41. The number of rotatable bonds is 6. The minimum atomic E-state index is -0.159. The number of hydrogen-bond donors (Lipinski definition) is 1. The fourth-order valence-corrected chi connectivity index (χ4v) is 1.66. The van der Waals surface area contributed by atoms with Crippen molar-refractivity contribution in [2.24, 2.45) is 0 Å². The first-order valence-electron chi connectivity index (χ1n) is 5.85. The number of nitrogens with one attached hydrogen (secondary N) is 1. The fraction of sp³-hybridized carbons (Fsp3) is 0.727. The standard InChI is InChI=1S/C11H20N4O2/c1-5-9-12-10(14-13-9)11(16)15(6-2)8(3)7-17-4/h8H,5-7H2,1-4H3,(H,12,13,14). The Morgan fingerprint density at radius 2 is 2.24 bits per heavy atom. The van der Waals surface area contributed by atoms with Crippen molar-refractivity contribution in [3.05, 3.63) is 11.6 Å². The number of likely N-dealkylation sites (N-methyl/N-ethyl adjacent to an activating group) is 1.